The maximum absolute atomic E-state index is 11.8. The maximum atomic E-state index is 11.8. The highest BCUT2D eigenvalue weighted by molar-refractivity contribution is 7.91. The predicted octanol–water partition coefficient (Wildman–Crippen LogP) is 0.690. The zero-order valence-electron chi connectivity index (χ0n) is 8.27. The van der Waals surface area contributed by atoms with E-state index in [0.717, 1.165) is 24.1 Å². The first-order valence-electron chi connectivity index (χ1n) is 4.93. The van der Waals surface area contributed by atoms with Crippen molar-refractivity contribution in [1.82, 2.24) is 4.72 Å². The van der Waals surface area contributed by atoms with Crippen LogP contribution in [0.5, 0.6) is 0 Å². The summed E-state index contributed by atoms with van der Waals surface area (Å²) in [5.41, 5.74) is 5.41. The fourth-order valence-electron chi connectivity index (χ4n) is 1.26. The van der Waals surface area contributed by atoms with Crippen molar-refractivity contribution in [2.45, 2.75) is 29.5 Å². The number of nitrogens with two attached hydrogens (primary N) is 1. The van der Waals surface area contributed by atoms with Crippen LogP contribution in [0, 0.1) is 0 Å². The van der Waals surface area contributed by atoms with Gasteiger partial charge in [-0.05, 0) is 37.9 Å². The smallest absolute Gasteiger partial charge is 0.250 e. The number of hydrogen-bond acceptors (Lipinski definition) is 4. The van der Waals surface area contributed by atoms with Crippen molar-refractivity contribution in [3.63, 3.8) is 0 Å². The highest BCUT2D eigenvalue weighted by Crippen LogP contribution is 2.26. The van der Waals surface area contributed by atoms with E-state index in [0.29, 0.717) is 10.8 Å². The topological polar surface area (TPSA) is 72.2 Å². The van der Waals surface area contributed by atoms with Crippen LogP contribution in [0.4, 0.5) is 0 Å². The van der Waals surface area contributed by atoms with E-state index in [1.807, 2.05) is 6.07 Å². The standard InChI is InChI=1S/C9H14N2O2S2/c10-6-5-8-3-4-9(14-8)15(12,13)11-7-1-2-7/h3-4,7,11H,1-2,5-6,10H2. The molecule has 1 heterocycles. The van der Waals surface area contributed by atoms with Gasteiger partial charge in [-0.3, -0.25) is 0 Å². The Kier molecular flexibility index (Phi) is 3.11. The largest absolute Gasteiger partial charge is 0.330 e. The summed E-state index contributed by atoms with van der Waals surface area (Å²) in [5, 5.41) is 0. The average Bonchev–Trinajstić information content (AvgIpc) is 2.82. The summed E-state index contributed by atoms with van der Waals surface area (Å²) >= 11 is 1.30. The molecule has 0 aliphatic heterocycles. The van der Waals surface area contributed by atoms with Crippen molar-refractivity contribution in [2.75, 3.05) is 6.54 Å². The molecule has 0 bridgehead atoms. The number of sulfonamides is 1. The monoisotopic (exact) mass is 246 g/mol. The summed E-state index contributed by atoms with van der Waals surface area (Å²) in [6.45, 7) is 0.552. The second kappa shape index (κ2) is 4.21. The minimum atomic E-state index is -3.27. The minimum Gasteiger partial charge on any atom is -0.330 e. The molecule has 6 heteroatoms. The van der Waals surface area contributed by atoms with E-state index in [4.69, 9.17) is 5.73 Å². The summed E-state index contributed by atoms with van der Waals surface area (Å²) in [7, 11) is -3.27. The Morgan fingerprint density at radius 2 is 2.20 bits per heavy atom. The molecule has 0 amide bonds. The summed E-state index contributed by atoms with van der Waals surface area (Å²) in [6, 6.07) is 3.65. The quantitative estimate of drug-likeness (QED) is 0.803. The van der Waals surface area contributed by atoms with Crippen LogP contribution in [0.25, 0.3) is 0 Å². The Balaban J connectivity index is 2.12. The SMILES string of the molecule is NCCc1ccc(S(=O)(=O)NC2CC2)s1. The highest BCUT2D eigenvalue weighted by atomic mass is 32.2. The van der Waals surface area contributed by atoms with Crippen molar-refractivity contribution >= 4 is 21.4 Å². The summed E-state index contributed by atoms with van der Waals surface area (Å²) in [5.74, 6) is 0. The molecular formula is C9H14N2O2S2. The van der Waals surface area contributed by atoms with Gasteiger partial charge in [0.15, 0.2) is 0 Å². The normalized spacial score (nSPS) is 16.9. The highest BCUT2D eigenvalue weighted by Gasteiger charge is 2.28. The lowest BCUT2D eigenvalue weighted by Crippen LogP contribution is -2.24. The molecule has 1 aliphatic carbocycles. The fraction of sp³-hybridized carbons (Fsp3) is 0.556. The molecule has 1 aliphatic rings. The van der Waals surface area contributed by atoms with E-state index in [1.165, 1.54) is 11.3 Å². The van der Waals surface area contributed by atoms with Gasteiger partial charge in [-0.15, -0.1) is 11.3 Å². The van der Waals surface area contributed by atoms with Crippen LogP contribution >= 0.6 is 11.3 Å². The molecule has 0 atom stereocenters. The minimum absolute atomic E-state index is 0.162. The lowest BCUT2D eigenvalue weighted by atomic mass is 10.3. The van der Waals surface area contributed by atoms with Gasteiger partial charge in [-0.2, -0.15) is 0 Å². The van der Waals surface area contributed by atoms with Crippen molar-refractivity contribution in [3.8, 4) is 0 Å². The van der Waals surface area contributed by atoms with Gasteiger partial charge >= 0.3 is 0 Å². The van der Waals surface area contributed by atoms with Crippen molar-refractivity contribution in [2.24, 2.45) is 5.73 Å². The molecule has 2 rings (SSSR count). The zero-order chi connectivity index (χ0) is 10.9. The molecule has 0 unspecified atom stereocenters. The van der Waals surface area contributed by atoms with E-state index in [2.05, 4.69) is 4.72 Å². The van der Waals surface area contributed by atoms with E-state index in [9.17, 15) is 8.42 Å². The van der Waals surface area contributed by atoms with Crippen molar-refractivity contribution < 1.29 is 8.42 Å². The Bertz CT molecular complexity index is 435. The molecule has 3 N–H and O–H groups in total. The van der Waals surface area contributed by atoms with Gasteiger partial charge in [0.2, 0.25) is 10.0 Å². The molecular weight excluding hydrogens is 232 g/mol. The molecule has 0 spiro atoms. The maximum Gasteiger partial charge on any atom is 0.250 e. The number of thiophene rings is 1. The lowest BCUT2D eigenvalue weighted by Gasteiger charge is -2.01. The Morgan fingerprint density at radius 3 is 2.80 bits per heavy atom. The third-order valence-electron chi connectivity index (χ3n) is 2.19. The molecule has 0 saturated heterocycles. The van der Waals surface area contributed by atoms with Gasteiger partial charge in [0.05, 0.1) is 0 Å². The molecule has 1 aromatic rings. The van der Waals surface area contributed by atoms with Crippen molar-refractivity contribution in [1.29, 1.82) is 0 Å². The Labute approximate surface area is 93.5 Å². The first-order chi connectivity index (χ1) is 7.12. The van der Waals surface area contributed by atoms with Crippen LogP contribution in [0.3, 0.4) is 0 Å². The second-order valence-corrected chi connectivity index (χ2v) is 6.76. The van der Waals surface area contributed by atoms with Gasteiger partial charge in [-0.25, -0.2) is 13.1 Å². The molecule has 1 saturated carbocycles. The lowest BCUT2D eigenvalue weighted by molar-refractivity contribution is 0.583. The van der Waals surface area contributed by atoms with Crippen LogP contribution in [0.1, 0.15) is 17.7 Å². The van der Waals surface area contributed by atoms with Crippen LogP contribution in [-0.4, -0.2) is 21.0 Å². The van der Waals surface area contributed by atoms with Crippen LogP contribution < -0.4 is 10.5 Å². The summed E-state index contributed by atoms with van der Waals surface area (Å²) in [4.78, 5) is 1.02. The Hall–Kier alpha value is -0.430. The first-order valence-corrected chi connectivity index (χ1v) is 7.23. The average molecular weight is 246 g/mol. The first kappa shape index (κ1) is 11.1. The van der Waals surface area contributed by atoms with Gasteiger partial charge < -0.3 is 5.73 Å². The van der Waals surface area contributed by atoms with E-state index in [-0.39, 0.29) is 6.04 Å². The van der Waals surface area contributed by atoms with Crippen LogP contribution in [0.15, 0.2) is 16.3 Å². The second-order valence-electron chi connectivity index (χ2n) is 3.65. The number of rotatable bonds is 5. The third kappa shape index (κ3) is 2.78. The van der Waals surface area contributed by atoms with Gasteiger partial charge in [0, 0.05) is 10.9 Å². The summed E-state index contributed by atoms with van der Waals surface area (Å²) in [6.07, 6.45) is 2.66. The Morgan fingerprint density at radius 1 is 1.47 bits per heavy atom. The molecule has 0 aromatic carbocycles. The van der Waals surface area contributed by atoms with E-state index >= 15 is 0 Å². The van der Waals surface area contributed by atoms with E-state index in [1.54, 1.807) is 6.07 Å². The molecule has 1 fully saturated rings. The molecule has 4 nitrogen and oxygen atoms in total. The van der Waals surface area contributed by atoms with Crippen molar-refractivity contribution in [3.05, 3.63) is 17.0 Å². The van der Waals surface area contributed by atoms with Crippen LogP contribution in [0.2, 0.25) is 0 Å². The molecule has 84 valence electrons. The summed E-state index contributed by atoms with van der Waals surface area (Å²) < 4.78 is 26.6. The predicted molar refractivity (Wildman–Crippen MR) is 60.4 cm³/mol. The third-order valence-corrected chi connectivity index (χ3v) is 5.35. The van der Waals surface area contributed by atoms with Gasteiger partial charge in [0.25, 0.3) is 0 Å². The van der Waals surface area contributed by atoms with Crippen LogP contribution in [-0.2, 0) is 16.4 Å². The fourth-order valence-corrected chi connectivity index (χ4v) is 3.95. The molecule has 1 aromatic heterocycles. The number of nitrogens with one attached hydrogen (secondary N) is 1. The van der Waals surface area contributed by atoms with Gasteiger partial charge in [0.1, 0.15) is 4.21 Å². The molecule has 0 radical (unpaired) electrons. The number of hydrogen-bond donors (Lipinski definition) is 2. The zero-order valence-corrected chi connectivity index (χ0v) is 9.90. The van der Waals surface area contributed by atoms with E-state index < -0.39 is 10.0 Å². The molecule has 15 heavy (non-hydrogen) atoms. The van der Waals surface area contributed by atoms with Gasteiger partial charge in [-0.1, -0.05) is 0 Å².